The number of rotatable bonds is 9. The molecule has 0 unspecified atom stereocenters. The number of piperidine rings is 1. The summed E-state index contributed by atoms with van der Waals surface area (Å²) >= 11 is 0. The number of ether oxygens (including phenoxy) is 1. The predicted molar refractivity (Wildman–Crippen MR) is 148 cm³/mol. The summed E-state index contributed by atoms with van der Waals surface area (Å²) in [5.41, 5.74) is 3.51. The SMILES string of the molecule is CC[C@H](O)CNc1cccc2c(Oc3ncccc3-c3ccnc(N[C@H]4CCCNC4)n3)c(C)ccc12. The molecule has 8 heteroatoms. The van der Waals surface area contributed by atoms with Crippen LogP contribution in [-0.4, -0.2) is 51.8 Å². The Bertz CT molecular complexity index is 1360. The third kappa shape index (κ3) is 5.81. The maximum atomic E-state index is 10.0. The number of aryl methyl sites for hydroxylation is 1. The molecule has 5 rings (SSSR count). The lowest BCUT2D eigenvalue weighted by atomic mass is 10.0. The third-order valence-electron chi connectivity index (χ3n) is 6.74. The van der Waals surface area contributed by atoms with Crippen molar-refractivity contribution in [1.29, 1.82) is 0 Å². The second-order valence-corrected chi connectivity index (χ2v) is 9.47. The van der Waals surface area contributed by atoms with Crippen LogP contribution in [0.1, 0.15) is 31.7 Å². The smallest absolute Gasteiger partial charge is 0.228 e. The summed E-state index contributed by atoms with van der Waals surface area (Å²) in [7, 11) is 0. The van der Waals surface area contributed by atoms with Gasteiger partial charge in [-0.05, 0) is 62.6 Å². The molecule has 0 saturated carbocycles. The van der Waals surface area contributed by atoms with Gasteiger partial charge in [0.25, 0.3) is 0 Å². The van der Waals surface area contributed by atoms with Crippen LogP contribution in [-0.2, 0) is 0 Å². The lowest BCUT2D eigenvalue weighted by molar-refractivity contribution is 0.183. The Morgan fingerprint density at radius 3 is 2.84 bits per heavy atom. The number of anilines is 2. The molecule has 0 radical (unpaired) electrons. The molecule has 0 aliphatic carbocycles. The Morgan fingerprint density at radius 1 is 1.08 bits per heavy atom. The molecule has 1 fully saturated rings. The van der Waals surface area contributed by atoms with Gasteiger partial charge in [-0.2, -0.15) is 0 Å². The van der Waals surface area contributed by atoms with Crippen molar-refractivity contribution in [2.45, 2.75) is 45.3 Å². The monoisotopic (exact) mass is 498 g/mol. The van der Waals surface area contributed by atoms with E-state index in [4.69, 9.17) is 9.72 Å². The Hall–Kier alpha value is -3.75. The predicted octanol–water partition coefficient (Wildman–Crippen LogP) is 5.14. The van der Waals surface area contributed by atoms with Crippen LogP contribution in [0.25, 0.3) is 22.0 Å². The van der Waals surface area contributed by atoms with Gasteiger partial charge in [0.05, 0.1) is 17.4 Å². The minimum Gasteiger partial charge on any atom is -0.437 e. The molecule has 8 nitrogen and oxygen atoms in total. The van der Waals surface area contributed by atoms with Gasteiger partial charge in [0, 0.05) is 48.0 Å². The van der Waals surface area contributed by atoms with E-state index in [0.29, 0.717) is 30.8 Å². The molecule has 4 aromatic rings. The standard InChI is InChI=1S/C29H34N6O2/c1-3-21(36)18-33-25-10-4-8-23-22(25)12-11-19(2)27(23)37-28-24(9-6-15-31-28)26-13-16-32-29(35-26)34-20-7-5-14-30-17-20/h4,6,8-13,15-16,20-21,30,33,36H,3,5,7,14,17-18H2,1-2H3,(H,32,34,35)/t20-,21-/m0/s1. The summed E-state index contributed by atoms with van der Waals surface area (Å²) in [4.78, 5) is 13.8. The van der Waals surface area contributed by atoms with E-state index < -0.39 is 6.10 Å². The van der Waals surface area contributed by atoms with Gasteiger partial charge in [-0.3, -0.25) is 0 Å². The number of nitrogens with zero attached hydrogens (tertiary/aromatic N) is 3. The number of benzene rings is 2. The van der Waals surface area contributed by atoms with E-state index in [1.165, 1.54) is 0 Å². The summed E-state index contributed by atoms with van der Waals surface area (Å²) in [6.07, 6.45) is 6.03. The molecule has 2 aromatic heterocycles. The first-order valence-electron chi connectivity index (χ1n) is 13.0. The second kappa shape index (κ2) is 11.5. The number of pyridine rings is 1. The van der Waals surface area contributed by atoms with Crippen LogP contribution < -0.4 is 20.7 Å². The molecule has 2 atom stereocenters. The van der Waals surface area contributed by atoms with Crippen molar-refractivity contribution in [2.75, 3.05) is 30.3 Å². The van der Waals surface area contributed by atoms with Crippen LogP contribution in [0.5, 0.6) is 11.6 Å². The quantitative estimate of drug-likeness (QED) is 0.252. The van der Waals surface area contributed by atoms with Crippen molar-refractivity contribution in [3.05, 3.63) is 66.5 Å². The van der Waals surface area contributed by atoms with E-state index >= 15 is 0 Å². The van der Waals surface area contributed by atoms with Crippen molar-refractivity contribution < 1.29 is 9.84 Å². The first kappa shape index (κ1) is 24.9. The van der Waals surface area contributed by atoms with Crippen LogP contribution in [0.2, 0.25) is 0 Å². The van der Waals surface area contributed by atoms with Gasteiger partial charge in [-0.25, -0.2) is 15.0 Å². The second-order valence-electron chi connectivity index (χ2n) is 9.47. The number of nitrogens with one attached hydrogen (secondary N) is 3. The maximum Gasteiger partial charge on any atom is 0.228 e. The van der Waals surface area contributed by atoms with Gasteiger partial charge in [0.1, 0.15) is 5.75 Å². The molecule has 37 heavy (non-hydrogen) atoms. The topological polar surface area (TPSA) is 104 Å². The number of aromatic nitrogens is 3. The minimum absolute atomic E-state index is 0.313. The molecule has 0 bridgehead atoms. The molecular formula is C29H34N6O2. The average molecular weight is 499 g/mol. The Morgan fingerprint density at radius 2 is 2.00 bits per heavy atom. The molecule has 0 amide bonds. The summed E-state index contributed by atoms with van der Waals surface area (Å²) in [6.45, 7) is 6.46. The van der Waals surface area contributed by atoms with Gasteiger partial charge in [-0.15, -0.1) is 0 Å². The van der Waals surface area contributed by atoms with Gasteiger partial charge in [0.15, 0.2) is 0 Å². The van der Waals surface area contributed by atoms with E-state index in [0.717, 1.165) is 65.0 Å². The Kier molecular flexibility index (Phi) is 7.77. The summed E-state index contributed by atoms with van der Waals surface area (Å²) in [5.74, 6) is 1.84. The molecule has 1 saturated heterocycles. The van der Waals surface area contributed by atoms with Crippen LogP contribution in [0, 0.1) is 6.92 Å². The highest BCUT2D eigenvalue weighted by Crippen LogP contribution is 2.38. The number of fused-ring (bicyclic) bond motifs is 1. The summed E-state index contributed by atoms with van der Waals surface area (Å²) in [6, 6.07) is 16.2. The molecular weight excluding hydrogens is 464 g/mol. The highest BCUT2D eigenvalue weighted by molar-refractivity contribution is 5.98. The lowest BCUT2D eigenvalue weighted by Crippen LogP contribution is -2.38. The molecule has 1 aliphatic rings. The molecule has 2 aromatic carbocycles. The lowest BCUT2D eigenvalue weighted by Gasteiger charge is -2.23. The fourth-order valence-corrected chi connectivity index (χ4v) is 4.60. The number of aliphatic hydroxyl groups excluding tert-OH is 1. The minimum atomic E-state index is -0.394. The van der Waals surface area contributed by atoms with E-state index in [1.54, 1.807) is 12.4 Å². The van der Waals surface area contributed by atoms with Gasteiger partial charge in [0.2, 0.25) is 11.8 Å². The van der Waals surface area contributed by atoms with Crippen molar-refractivity contribution in [3.63, 3.8) is 0 Å². The van der Waals surface area contributed by atoms with Gasteiger partial charge < -0.3 is 25.8 Å². The summed E-state index contributed by atoms with van der Waals surface area (Å²) < 4.78 is 6.52. The summed E-state index contributed by atoms with van der Waals surface area (Å²) in [5, 5.41) is 22.3. The maximum absolute atomic E-state index is 10.0. The third-order valence-corrected chi connectivity index (χ3v) is 6.74. The first-order chi connectivity index (χ1) is 18.1. The van der Waals surface area contributed by atoms with E-state index in [1.807, 2.05) is 56.3 Å². The van der Waals surface area contributed by atoms with Gasteiger partial charge in [-0.1, -0.05) is 31.2 Å². The molecule has 3 heterocycles. The van der Waals surface area contributed by atoms with E-state index in [-0.39, 0.29) is 0 Å². The Balaban J connectivity index is 1.45. The number of hydrogen-bond donors (Lipinski definition) is 4. The number of aliphatic hydroxyl groups is 1. The fraction of sp³-hybridized carbons (Fsp3) is 0.345. The highest BCUT2D eigenvalue weighted by Gasteiger charge is 2.17. The molecule has 0 spiro atoms. The van der Waals surface area contributed by atoms with Crippen LogP contribution >= 0.6 is 0 Å². The zero-order chi connectivity index (χ0) is 25.6. The van der Waals surface area contributed by atoms with Crippen molar-refractivity contribution in [1.82, 2.24) is 20.3 Å². The zero-order valence-electron chi connectivity index (χ0n) is 21.4. The average Bonchev–Trinajstić information content (AvgIpc) is 2.94. The van der Waals surface area contributed by atoms with Gasteiger partial charge >= 0.3 is 0 Å². The highest BCUT2D eigenvalue weighted by atomic mass is 16.5. The van der Waals surface area contributed by atoms with Crippen LogP contribution in [0.3, 0.4) is 0 Å². The van der Waals surface area contributed by atoms with Crippen LogP contribution in [0.15, 0.2) is 60.9 Å². The molecule has 4 N–H and O–H groups in total. The Labute approximate surface area is 217 Å². The van der Waals surface area contributed by atoms with Crippen molar-refractivity contribution in [2.24, 2.45) is 0 Å². The van der Waals surface area contributed by atoms with Crippen LogP contribution in [0.4, 0.5) is 11.6 Å². The number of hydrogen-bond acceptors (Lipinski definition) is 8. The molecule has 192 valence electrons. The van der Waals surface area contributed by atoms with E-state index in [9.17, 15) is 5.11 Å². The van der Waals surface area contributed by atoms with Crippen molar-refractivity contribution >= 4 is 22.4 Å². The van der Waals surface area contributed by atoms with Crippen molar-refractivity contribution in [3.8, 4) is 22.9 Å². The zero-order valence-corrected chi connectivity index (χ0v) is 21.4. The normalized spacial score (nSPS) is 16.4. The van der Waals surface area contributed by atoms with E-state index in [2.05, 4.69) is 32.0 Å². The fourth-order valence-electron chi connectivity index (χ4n) is 4.60. The first-order valence-corrected chi connectivity index (χ1v) is 13.0. The largest absolute Gasteiger partial charge is 0.437 e. The molecule has 1 aliphatic heterocycles.